The molecule has 1 unspecified atom stereocenters. The first-order chi connectivity index (χ1) is 9.31. The maximum atomic E-state index is 3.89. The fraction of sp³-hybridized carbons (Fsp3) is 0.789. The van der Waals surface area contributed by atoms with Gasteiger partial charge in [-0.15, -0.1) is 11.8 Å². The fourth-order valence-corrected chi connectivity index (χ4v) is 2.40. The molecule has 0 heterocycles. The summed E-state index contributed by atoms with van der Waals surface area (Å²) in [6.07, 6.45) is 16.7. The van der Waals surface area contributed by atoms with E-state index in [0.29, 0.717) is 0 Å². The van der Waals surface area contributed by atoms with Crippen molar-refractivity contribution in [2.45, 2.75) is 90.4 Å². The van der Waals surface area contributed by atoms with Crippen molar-refractivity contribution in [1.82, 2.24) is 0 Å². The zero-order valence-electron chi connectivity index (χ0n) is 13.2. The molecule has 0 aromatic heterocycles. The predicted molar refractivity (Wildman–Crippen MR) is 87.7 cm³/mol. The van der Waals surface area contributed by atoms with Crippen molar-refractivity contribution >= 4 is 0 Å². The van der Waals surface area contributed by atoms with E-state index in [1.807, 2.05) is 0 Å². The maximum absolute atomic E-state index is 3.89. The van der Waals surface area contributed by atoms with Crippen LogP contribution in [0.25, 0.3) is 0 Å². The smallest absolute Gasteiger partial charge is 0.00890 e. The molecule has 0 heteroatoms. The summed E-state index contributed by atoms with van der Waals surface area (Å²) in [4.78, 5) is 0. The van der Waals surface area contributed by atoms with Crippen molar-refractivity contribution in [3.05, 3.63) is 13.8 Å². The Labute approximate surface area is 122 Å². The van der Waals surface area contributed by atoms with Crippen LogP contribution in [0, 0.1) is 31.6 Å². The predicted octanol–water partition coefficient (Wildman–Crippen LogP) is 6.37. The number of rotatable bonds is 12. The van der Waals surface area contributed by atoms with Gasteiger partial charge < -0.3 is 0 Å². The quantitative estimate of drug-likeness (QED) is 0.283. The second kappa shape index (κ2) is 15.6. The molecule has 19 heavy (non-hydrogen) atoms. The first-order valence-electron chi connectivity index (χ1n) is 8.35. The van der Waals surface area contributed by atoms with Gasteiger partial charge >= 0.3 is 0 Å². The summed E-state index contributed by atoms with van der Waals surface area (Å²) in [6, 6.07) is 0. The summed E-state index contributed by atoms with van der Waals surface area (Å²) in [5.74, 6) is 7.11. The fourth-order valence-electron chi connectivity index (χ4n) is 2.40. The van der Waals surface area contributed by atoms with E-state index in [0.717, 1.165) is 25.2 Å². The number of hydrogen-bond donors (Lipinski definition) is 0. The topological polar surface area (TPSA) is 0 Å². The van der Waals surface area contributed by atoms with Gasteiger partial charge in [-0.3, -0.25) is 0 Å². The van der Waals surface area contributed by atoms with Gasteiger partial charge in [0, 0.05) is 12.8 Å². The molecular weight excluding hydrogens is 228 g/mol. The third-order valence-electron chi connectivity index (χ3n) is 3.70. The van der Waals surface area contributed by atoms with Gasteiger partial charge in [0.25, 0.3) is 0 Å². The summed E-state index contributed by atoms with van der Waals surface area (Å²) < 4.78 is 0. The highest BCUT2D eigenvalue weighted by molar-refractivity contribution is 4.98. The Morgan fingerprint density at radius 3 is 1.95 bits per heavy atom. The Hall–Kier alpha value is -0.440. The molecule has 0 aromatic rings. The van der Waals surface area contributed by atoms with Crippen LogP contribution in [0.2, 0.25) is 0 Å². The Kier molecular flexibility index (Phi) is 15.3. The molecule has 2 radical (unpaired) electrons. The summed E-state index contributed by atoms with van der Waals surface area (Å²) in [5, 5.41) is 0. The molecule has 0 amide bonds. The van der Waals surface area contributed by atoms with E-state index in [2.05, 4.69) is 32.6 Å². The van der Waals surface area contributed by atoms with E-state index in [1.54, 1.807) is 0 Å². The zero-order chi connectivity index (χ0) is 14.2. The highest BCUT2D eigenvalue weighted by Crippen LogP contribution is 2.17. The summed E-state index contributed by atoms with van der Waals surface area (Å²) in [5.41, 5.74) is 0. The first kappa shape index (κ1) is 18.6. The van der Waals surface area contributed by atoms with Crippen LogP contribution >= 0.6 is 0 Å². The zero-order valence-corrected chi connectivity index (χ0v) is 13.2. The minimum atomic E-state index is 0.757. The monoisotopic (exact) mass is 262 g/mol. The average molecular weight is 262 g/mol. The molecule has 0 aliphatic rings. The number of unbranched alkanes of at least 4 members (excludes halogenated alkanes) is 8. The number of hydrogen-bond acceptors (Lipinski definition) is 0. The van der Waals surface area contributed by atoms with Crippen molar-refractivity contribution < 1.29 is 0 Å². The minimum Gasteiger partial charge on any atom is -0.103 e. The Bertz CT molecular complexity index is 218. The summed E-state index contributed by atoms with van der Waals surface area (Å²) >= 11 is 0. The maximum Gasteiger partial charge on any atom is 0.00890 e. The third kappa shape index (κ3) is 15.5. The normalized spacial score (nSPS) is 11.9. The van der Waals surface area contributed by atoms with Crippen LogP contribution in [0.4, 0.5) is 0 Å². The average Bonchev–Trinajstić information content (AvgIpc) is 2.42. The van der Waals surface area contributed by atoms with Crippen LogP contribution in [-0.4, -0.2) is 0 Å². The van der Waals surface area contributed by atoms with Crippen molar-refractivity contribution in [3.63, 3.8) is 0 Å². The van der Waals surface area contributed by atoms with Crippen LogP contribution in [0.1, 0.15) is 90.4 Å². The molecule has 1 atom stereocenters. The molecule has 0 aliphatic carbocycles. The van der Waals surface area contributed by atoms with Crippen LogP contribution < -0.4 is 0 Å². The summed E-state index contributed by atoms with van der Waals surface area (Å²) in [6.45, 7) is 10.0. The molecule has 0 N–H and O–H groups in total. The summed E-state index contributed by atoms with van der Waals surface area (Å²) in [7, 11) is 0. The van der Waals surface area contributed by atoms with Crippen molar-refractivity contribution in [3.8, 4) is 11.8 Å². The second-order valence-corrected chi connectivity index (χ2v) is 5.72. The van der Waals surface area contributed by atoms with Crippen molar-refractivity contribution in [2.75, 3.05) is 0 Å². The third-order valence-corrected chi connectivity index (χ3v) is 3.70. The highest BCUT2D eigenvalue weighted by atomic mass is 14.1. The molecular formula is C19H34. The van der Waals surface area contributed by atoms with Crippen LogP contribution in [0.3, 0.4) is 0 Å². The lowest BCUT2D eigenvalue weighted by Gasteiger charge is -2.10. The lowest BCUT2D eigenvalue weighted by Crippen LogP contribution is -1.95. The lowest BCUT2D eigenvalue weighted by atomic mass is 9.96. The van der Waals surface area contributed by atoms with Gasteiger partial charge in [0.2, 0.25) is 0 Å². The SMILES string of the molecule is [CH2]CC#CCCCCCCCC(C)CCCCC[CH2]. The Morgan fingerprint density at radius 2 is 1.32 bits per heavy atom. The largest absolute Gasteiger partial charge is 0.103 e. The van der Waals surface area contributed by atoms with Gasteiger partial charge in [-0.25, -0.2) is 0 Å². The van der Waals surface area contributed by atoms with Gasteiger partial charge in [-0.2, -0.15) is 0 Å². The second-order valence-electron chi connectivity index (χ2n) is 5.72. The van der Waals surface area contributed by atoms with E-state index in [9.17, 15) is 0 Å². The van der Waals surface area contributed by atoms with E-state index in [4.69, 9.17) is 0 Å². The lowest BCUT2D eigenvalue weighted by molar-refractivity contribution is 0.435. The highest BCUT2D eigenvalue weighted by Gasteiger charge is 2.01. The van der Waals surface area contributed by atoms with Gasteiger partial charge in [-0.05, 0) is 19.3 Å². The van der Waals surface area contributed by atoms with Crippen LogP contribution in [0.5, 0.6) is 0 Å². The van der Waals surface area contributed by atoms with E-state index < -0.39 is 0 Å². The molecule has 0 rings (SSSR count). The Balaban J connectivity index is 3.16. The molecule has 0 aromatic carbocycles. The van der Waals surface area contributed by atoms with Crippen LogP contribution in [0.15, 0.2) is 0 Å². The molecule has 0 saturated carbocycles. The van der Waals surface area contributed by atoms with Crippen molar-refractivity contribution in [2.24, 2.45) is 5.92 Å². The van der Waals surface area contributed by atoms with Gasteiger partial charge in [0.1, 0.15) is 0 Å². The van der Waals surface area contributed by atoms with E-state index in [-0.39, 0.29) is 0 Å². The minimum absolute atomic E-state index is 0.757. The van der Waals surface area contributed by atoms with Gasteiger partial charge in [-0.1, -0.05) is 78.1 Å². The molecule has 0 aliphatic heterocycles. The van der Waals surface area contributed by atoms with E-state index in [1.165, 1.54) is 64.2 Å². The van der Waals surface area contributed by atoms with Crippen molar-refractivity contribution in [1.29, 1.82) is 0 Å². The van der Waals surface area contributed by atoms with Crippen LogP contribution in [-0.2, 0) is 0 Å². The Morgan fingerprint density at radius 1 is 0.737 bits per heavy atom. The first-order valence-corrected chi connectivity index (χ1v) is 8.35. The molecule has 0 saturated heterocycles. The molecule has 0 spiro atoms. The van der Waals surface area contributed by atoms with Gasteiger partial charge in [0.05, 0.1) is 0 Å². The standard InChI is InChI=1S/C19H34/c1-4-6-8-10-11-12-13-14-16-18-19(3)17-15-9-7-5-2/h19H,1-2,4-5,7,9-18H2,3H3. The molecule has 0 bridgehead atoms. The molecule has 0 fully saturated rings. The molecule has 110 valence electrons. The van der Waals surface area contributed by atoms with Gasteiger partial charge in [0.15, 0.2) is 0 Å². The molecule has 0 nitrogen and oxygen atoms in total. The van der Waals surface area contributed by atoms with E-state index >= 15 is 0 Å².